The molecule has 4 nitrogen and oxygen atoms in total. The molecule has 0 radical (unpaired) electrons. The van der Waals surface area contributed by atoms with E-state index in [2.05, 4.69) is 5.32 Å². The van der Waals surface area contributed by atoms with Gasteiger partial charge in [0.15, 0.2) is 0 Å². The first kappa shape index (κ1) is 16.5. The highest BCUT2D eigenvalue weighted by molar-refractivity contribution is 6.31. The Balaban J connectivity index is 1.63. The quantitative estimate of drug-likeness (QED) is 0.916. The smallest absolute Gasteiger partial charge is 0.230 e. The van der Waals surface area contributed by atoms with Crippen molar-refractivity contribution in [2.75, 3.05) is 17.3 Å². The zero-order chi connectivity index (χ0) is 17.3. The van der Waals surface area contributed by atoms with Crippen LogP contribution < -0.4 is 10.2 Å². The number of hydrogen-bond acceptors (Lipinski definition) is 2. The third-order valence-electron chi connectivity index (χ3n) is 4.44. The minimum absolute atomic E-state index is 0.0239. The Morgan fingerprint density at radius 1 is 1.08 bits per heavy atom. The molecule has 2 amide bonds. The predicted molar refractivity (Wildman–Crippen MR) is 96.3 cm³/mol. The second-order valence-corrected chi connectivity index (χ2v) is 6.49. The number of para-hydroxylation sites is 1. The Morgan fingerprint density at radius 3 is 2.50 bits per heavy atom. The number of carbonyl (C=O) groups excluding carboxylic acids is 2. The summed E-state index contributed by atoms with van der Waals surface area (Å²) in [5.41, 5.74) is 2.36. The topological polar surface area (TPSA) is 49.4 Å². The minimum Gasteiger partial charge on any atom is -0.326 e. The molecule has 0 saturated heterocycles. The molecule has 1 saturated carbocycles. The van der Waals surface area contributed by atoms with Crippen LogP contribution in [0.15, 0.2) is 48.5 Å². The molecule has 0 aliphatic heterocycles. The van der Waals surface area contributed by atoms with Gasteiger partial charge < -0.3 is 10.2 Å². The maximum atomic E-state index is 12.5. The normalized spacial score (nSPS) is 18.8. The van der Waals surface area contributed by atoms with E-state index in [1.54, 1.807) is 24.1 Å². The van der Waals surface area contributed by atoms with Crippen LogP contribution in [-0.4, -0.2) is 18.9 Å². The van der Waals surface area contributed by atoms with E-state index in [4.69, 9.17) is 11.6 Å². The average Bonchev–Trinajstić information content (AvgIpc) is 3.39. The van der Waals surface area contributed by atoms with Crippen LogP contribution in [-0.2, 0) is 9.59 Å². The van der Waals surface area contributed by atoms with Crippen molar-refractivity contribution in [1.82, 2.24) is 0 Å². The summed E-state index contributed by atoms with van der Waals surface area (Å²) in [5, 5.41) is 3.49. The molecule has 0 bridgehead atoms. The molecule has 0 heterocycles. The fourth-order valence-corrected chi connectivity index (χ4v) is 2.93. The summed E-state index contributed by atoms with van der Waals surface area (Å²) < 4.78 is 0. The number of amides is 2. The molecule has 1 fully saturated rings. The molecule has 1 N–H and O–H groups in total. The van der Waals surface area contributed by atoms with Crippen LogP contribution in [0.25, 0.3) is 0 Å². The van der Waals surface area contributed by atoms with Crippen molar-refractivity contribution in [1.29, 1.82) is 0 Å². The van der Waals surface area contributed by atoms with E-state index < -0.39 is 0 Å². The zero-order valence-corrected chi connectivity index (χ0v) is 14.4. The van der Waals surface area contributed by atoms with E-state index in [0.717, 1.165) is 11.3 Å². The van der Waals surface area contributed by atoms with Gasteiger partial charge in [-0.25, -0.2) is 0 Å². The largest absolute Gasteiger partial charge is 0.326 e. The van der Waals surface area contributed by atoms with Crippen LogP contribution in [0, 0.1) is 18.8 Å². The van der Waals surface area contributed by atoms with Crippen LogP contribution in [0.2, 0.25) is 5.02 Å². The summed E-state index contributed by atoms with van der Waals surface area (Å²) in [4.78, 5) is 26.5. The van der Waals surface area contributed by atoms with Crippen molar-refractivity contribution in [3.8, 4) is 0 Å². The summed E-state index contributed by atoms with van der Waals surface area (Å²) in [6.07, 6.45) is 0.585. The lowest BCUT2D eigenvalue weighted by Gasteiger charge is -2.17. The lowest BCUT2D eigenvalue weighted by atomic mass is 10.2. The molecular formula is C19H19ClN2O2. The van der Waals surface area contributed by atoms with Gasteiger partial charge in [-0.05, 0) is 43.2 Å². The highest BCUT2D eigenvalue weighted by Crippen LogP contribution is 2.41. The predicted octanol–water partition coefficient (Wildman–Crippen LogP) is 3.89. The van der Waals surface area contributed by atoms with Crippen LogP contribution in [0.5, 0.6) is 0 Å². The Hall–Kier alpha value is -2.33. The van der Waals surface area contributed by atoms with Crippen molar-refractivity contribution >= 4 is 34.8 Å². The lowest BCUT2D eigenvalue weighted by Crippen LogP contribution is -2.29. The van der Waals surface area contributed by atoms with Gasteiger partial charge in [0.25, 0.3) is 0 Å². The fraction of sp³-hybridized carbons (Fsp3) is 0.263. The first-order valence-electron chi connectivity index (χ1n) is 7.87. The molecule has 0 spiro atoms. The Labute approximate surface area is 146 Å². The van der Waals surface area contributed by atoms with Crippen LogP contribution in [0.4, 0.5) is 11.4 Å². The standard InChI is InChI=1S/C19H19ClN2O2/c1-12-16(20)9-6-10-17(12)21-18(23)14-11-15(14)19(24)22(2)13-7-4-3-5-8-13/h3-10,14-15H,11H2,1-2H3,(H,21,23). The average molecular weight is 343 g/mol. The van der Waals surface area contributed by atoms with E-state index in [1.165, 1.54) is 0 Å². The van der Waals surface area contributed by atoms with E-state index in [1.807, 2.05) is 43.3 Å². The SMILES string of the molecule is Cc1c(Cl)cccc1NC(=O)C1CC1C(=O)N(C)c1ccccc1. The third-order valence-corrected chi connectivity index (χ3v) is 4.85. The number of halogens is 1. The van der Waals surface area contributed by atoms with Gasteiger partial charge in [-0.3, -0.25) is 9.59 Å². The third kappa shape index (κ3) is 3.29. The van der Waals surface area contributed by atoms with Crippen LogP contribution in [0.1, 0.15) is 12.0 Å². The molecule has 3 rings (SSSR count). The molecule has 2 aromatic carbocycles. The molecular weight excluding hydrogens is 324 g/mol. The van der Waals surface area contributed by atoms with Gasteiger partial charge in [0, 0.05) is 23.4 Å². The van der Waals surface area contributed by atoms with Crippen molar-refractivity contribution in [3.05, 3.63) is 59.1 Å². The molecule has 2 aromatic rings. The Kier molecular flexibility index (Phi) is 4.58. The number of hydrogen-bond donors (Lipinski definition) is 1. The molecule has 2 unspecified atom stereocenters. The number of nitrogens with one attached hydrogen (secondary N) is 1. The van der Waals surface area contributed by atoms with Gasteiger partial charge in [0.2, 0.25) is 11.8 Å². The van der Waals surface area contributed by atoms with Gasteiger partial charge in [-0.2, -0.15) is 0 Å². The molecule has 1 aliphatic carbocycles. The molecule has 2 atom stereocenters. The number of nitrogens with zero attached hydrogens (tertiary/aromatic N) is 1. The molecule has 1 aliphatic rings. The van der Waals surface area contributed by atoms with Gasteiger partial charge in [-0.1, -0.05) is 35.9 Å². The molecule has 5 heteroatoms. The summed E-state index contributed by atoms with van der Waals surface area (Å²) in [6.45, 7) is 1.86. The minimum atomic E-state index is -0.276. The number of rotatable bonds is 4. The maximum Gasteiger partial charge on any atom is 0.230 e. The number of carbonyl (C=O) groups is 2. The van der Waals surface area contributed by atoms with Gasteiger partial charge in [0.1, 0.15) is 0 Å². The monoisotopic (exact) mass is 342 g/mol. The second-order valence-electron chi connectivity index (χ2n) is 6.08. The molecule has 24 heavy (non-hydrogen) atoms. The van der Waals surface area contributed by atoms with E-state index in [9.17, 15) is 9.59 Å². The van der Waals surface area contributed by atoms with Crippen molar-refractivity contribution in [3.63, 3.8) is 0 Å². The zero-order valence-electron chi connectivity index (χ0n) is 13.6. The maximum absolute atomic E-state index is 12.5. The van der Waals surface area contributed by atoms with E-state index in [-0.39, 0.29) is 23.7 Å². The van der Waals surface area contributed by atoms with E-state index in [0.29, 0.717) is 17.1 Å². The first-order valence-corrected chi connectivity index (χ1v) is 8.25. The van der Waals surface area contributed by atoms with Gasteiger partial charge in [0.05, 0.1) is 11.8 Å². The summed E-state index contributed by atoms with van der Waals surface area (Å²) in [7, 11) is 1.74. The van der Waals surface area contributed by atoms with Crippen molar-refractivity contribution in [2.45, 2.75) is 13.3 Å². The molecule has 124 valence electrons. The highest BCUT2D eigenvalue weighted by atomic mass is 35.5. The van der Waals surface area contributed by atoms with Crippen LogP contribution >= 0.6 is 11.6 Å². The Morgan fingerprint density at radius 2 is 1.79 bits per heavy atom. The lowest BCUT2D eigenvalue weighted by molar-refractivity contribution is -0.123. The summed E-state index contributed by atoms with van der Waals surface area (Å²) in [5.74, 6) is -0.680. The second kappa shape index (κ2) is 6.65. The number of benzene rings is 2. The Bertz CT molecular complexity index is 776. The highest BCUT2D eigenvalue weighted by Gasteiger charge is 2.49. The van der Waals surface area contributed by atoms with E-state index >= 15 is 0 Å². The van der Waals surface area contributed by atoms with Gasteiger partial charge >= 0.3 is 0 Å². The van der Waals surface area contributed by atoms with Crippen molar-refractivity contribution < 1.29 is 9.59 Å². The molecule has 0 aromatic heterocycles. The first-order chi connectivity index (χ1) is 11.5. The van der Waals surface area contributed by atoms with Crippen LogP contribution in [0.3, 0.4) is 0 Å². The summed E-state index contributed by atoms with van der Waals surface area (Å²) >= 11 is 6.07. The van der Waals surface area contributed by atoms with Crippen molar-refractivity contribution in [2.24, 2.45) is 11.8 Å². The van der Waals surface area contributed by atoms with Gasteiger partial charge in [-0.15, -0.1) is 0 Å². The fourth-order valence-electron chi connectivity index (χ4n) is 2.75. The summed E-state index contributed by atoms with van der Waals surface area (Å²) in [6, 6.07) is 14.8. The number of anilines is 2.